The van der Waals surface area contributed by atoms with Crippen LogP contribution in [0.1, 0.15) is 50.3 Å². The van der Waals surface area contributed by atoms with Gasteiger partial charge in [0.25, 0.3) is 5.91 Å². The van der Waals surface area contributed by atoms with E-state index in [2.05, 4.69) is 40.4 Å². The molecule has 314 valence electrons. The largest absolute Gasteiger partial charge is 0.476 e. The van der Waals surface area contributed by atoms with Crippen molar-refractivity contribution in [2.45, 2.75) is 33.5 Å². The number of nitrogen functional groups attached to an aromatic ring is 1. The van der Waals surface area contributed by atoms with Crippen LogP contribution >= 0.6 is 23.2 Å². The molecule has 9 rings (SSSR count). The first kappa shape index (κ1) is 41.2. The number of H-pyrrole nitrogens is 2. The van der Waals surface area contributed by atoms with Gasteiger partial charge in [-0.05, 0) is 90.7 Å². The van der Waals surface area contributed by atoms with Crippen LogP contribution in [0.25, 0.3) is 43.9 Å². The molecule has 62 heavy (non-hydrogen) atoms. The van der Waals surface area contributed by atoms with Crippen molar-refractivity contribution in [3.05, 3.63) is 161 Å². The summed E-state index contributed by atoms with van der Waals surface area (Å²) < 4.78 is 18.7. The first-order chi connectivity index (χ1) is 30.2. The second-order valence-electron chi connectivity index (χ2n) is 14.0. The number of carbonyl (C=O) groups is 2. The predicted molar refractivity (Wildman–Crippen MR) is 236 cm³/mol. The number of aromatic nitrogens is 9. The minimum Gasteiger partial charge on any atom is -0.476 e. The molecule has 7 heterocycles. The number of carboxylic acids is 1. The number of benzene rings is 2. The van der Waals surface area contributed by atoms with E-state index in [1.54, 1.807) is 40.0 Å². The molecule has 0 atom stereocenters. The van der Waals surface area contributed by atoms with Crippen LogP contribution in [0.2, 0.25) is 10.0 Å². The summed E-state index contributed by atoms with van der Waals surface area (Å²) in [7, 11) is -1.00. The Kier molecular flexibility index (Phi) is 12.0. The number of aromatic carboxylic acids is 1. The molecule has 6 N–H and O–H groups in total. The summed E-state index contributed by atoms with van der Waals surface area (Å²) in [5.74, 6) is -1.16. The first-order valence-corrected chi connectivity index (χ1v) is 19.3. The molecule has 0 fully saturated rings. The number of pyridine rings is 5. The summed E-state index contributed by atoms with van der Waals surface area (Å²) in [6.45, 7) is 4.75. The second-order valence-corrected chi connectivity index (χ2v) is 14.8. The number of hydrogen-bond acceptors (Lipinski definition) is 10. The van der Waals surface area contributed by atoms with E-state index in [0.717, 1.165) is 49.8 Å². The highest BCUT2D eigenvalue weighted by Gasteiger charge is 2.20. The van der Waals surface area contributed by atoms with Gasteiger partial charge >= 0.3 is 5.97 Å². The van der Waals surface area contributed by atoms with E-state index in [4.69, 9.17) is 30.3 Å². The van der Waals surface area contributed by atoms with Gasteiger partial charge in [-0.15, -0.1) is 0 Å². The van der Waals surface area contributed by atoms with Crippen LogP contribution < -0.4 is 22.2 Å². The van der Waals surface area contributed by atoms with Gasteiger partial charge in [-0.1, -0.05) is 35.3 Å². The van der Waals surface area contributed by atoms with Gasteiger partial charge in [-0.25, -0.2) is 9.78 Å². The van der Waals surface area contributed by atoms with Gasteiger partial charge in [-0.3, -0.25) is 38.1 Å². The number of nitrogens with zero attached hydrogens (tertiary/aromatic N) is 7. The highest BCUT2D eigenvalue weighted by atomic mass is 35.5. The molecule has 0 saturated heterocycles. The van der Waals surface area contributed by atoms with E-state index in [9.17, 15) is 28.7 Å². The normalized spacial score (nSPS) is 11.2. The van der Waals surface area contributed by atoms with Gasteiger partial charge in [0.2, 0.25) is 11.1 Å². The highest BCUT2D eigenvalue weighted by molar-refractivity contribution is 6.31. The summed E-state index contributed by atoms with van der Waals surface area (Å²) in [6, 6.07) is 22.9. The van der Waals surface area contributed by atoms with Crippen LogP contribution in [0.4, 0.5) is 10.2 Å². The fraction of sp³-hybridized carbons (Fsp3) is 0.140. The summed E-state index contributed by atoms with van der Waals surface area (Å²) in [6.07, 6.45) is 3.19. The Bertz CT molecular complexity index is 3310. The standard InChI is InChI=1S/C25H22ClN7O2.C17H11ClN4O3.CH3F/c1-13-7-21(27)30-14(2)18(13)11-29-25(35)24-23-20(5-6-22(34)31-23)33(32-24)12-15-3-4-19-16(8-15)9-17(26)10-28-19;18-11-6-10-5-9(1-2-12(10)19-7-11)8-22-13-3-4-14(23)20-15(13)16(21-22)17(24)25;1-2/h3-10H,11-12H2,1-2H3,(H2,27,30)(H,29,35)(H,31,34);1-7H,8H2,(H,20,23)(H,24,25);1H3/i;;1D. The number of amides is 1. The topological polar surface area (TPSA) is 232 Å². The molecule has 7 aromatic heterocycles. The number of aromatic amines is 2. The lowest BCUT2D eigenvalue weighted by atomic mass is 10.1. The Morgan fingerprint density at radius 1 is 0.790 bits per heavy atom. The number of anilines is 1. The van der Waals surface area contributed by atoms with Crippen molar-refractivity contribution >= 4 is 84.8 Å². The summed E-state index contributed by atoms with van der Waals surface area (Å²) in [5, 5.41) is 23.8. The molecule has 0 aliphatic rings. The summed E-state index contributed by atoms with van der Waals surface area (Å²) in [5.41, 5.74) is 12.9. The second kappa shape index (κ2) is 18.0. The number of nitrogens with two attached hydrogens (primary N) is 1. The zero-order valence-corrected chi connectivity index (χ0v) is 34.4. The Labute approximate surface area is 361 Å². The molecule has 0 spiro atoms. The van der Waals surface area contributed by atoms with E-state index in [1.165, 1.54) is 12.1 Å². The minimum absolute atomic E-state index is 0.141. The molecule has 19 heteroatoms. The molecule has 0 aliphatic heterocycles. The van der Waals surface area contributed by atoms with Gasteiger partial charge in [0.1, 0.15) is 16.9 Å². The number of nitrogens with one attached hydrogen (secondary N) is 3. The third kappa shape index (κ3) is 9.13. The molecular formula is C43H36Cl2FN11O5. The summed E-state index contributed by atoms with van der Waals surface area (Å²) >= 11 is 12.1. The van der Waals surface area contributed by atoms with Crippen LogP contribution in [0, 0.1) is 13.8 Å². The van der Waals surface area contributed by atoms with Crippen molar-refractivity contribution in [2.24, 2.45) is 0 Å². The zero-order valence-electron chi connectivity index (χ0n) is 33.9. The van der Waals surface area contributed by atoms with Crippen LogP contribution in [0.3, 0.4) is 0 Å². The third-order valence-corrected chi connectivity index (χ3v) is 10.2. The minimum atomic E-state index is -1.19. The maximum absolute atomic E-state index is 13.1. The van der Waals surface area contributed by atoms with E-state index in [1.807, 2.05) is 62.4 Å². The molecule has 0 bridgehead atoms. The average Bonchev–Trinajstić information content (AvgIpc) is 3.77. The predicted octanol–water partition coefficient (Wildman–Crippen LogP) is 6.76. The zero-order chi connectivity index (χ0) is 44.9. The molecule has 16 nitrogen and oxygen atoms in total. The third-order valence-electron chi connectivity index (χ3n) is 9.77. The Balaban J connectivity index is 0.000000187. The maximum atomic E-state index is 13.1. The monoisotopic (exact) mass is 876 g/mol. The molecular weight excluding hydrogens is 840 g/mol. The number of rotatable bonds is 8. The van der Waals surface area contributed by atoms with Crippen LogP contribution in [0.15, 0.2) is 101 Å². The Morgan fingerprint density at radius 2 is 1.29 bits per heavy atom. The lowest BCUT2D eigenvalue weighted by Crippen LogP contribution is -2.25. The number of aryl methyl sites for hydroxylation is 2. The van der Waals surface area contributed by atoms with Gasteiger partial charge in [0, 0.05) is 47.5 Å². The molecule has 0 radical (unpaired) electrons. The van der Waals surface area contributed by atoms with Crippen LogP contribution in [0.5, 0.6) is 0 Å². The number of halogens is 3. The molecule has 1 amide bonds. The number of hydrogen-bond donors (Lipinski definition) is 5. The summed E-state index contributed by atoms with van der Waals surface area (Å²) in [4.78, 5) is 66.2. The Hall–Kier alpha value is -7.50. The van der Waals surface area contributed by atoms with Crippen molar-refractivity contribution in [3.63, 3.8) is 0 Å². The van der Waals surface area contributed by atoms with E-state index in [0.29, 0.717) is 45.5 Å². The maximum Gasteiger partial charge on any atom is 0.358 e. The lowest BCUT2D eigenvalue weighted by Gasteiger charge is -2.11. The van der Waals surface area contributed by atoms with Crippen LogP contribution in [-0.4, -0.2) is 68.6 Å². The molecule has 0 saturated carbocycles. The number of carboxylic acid groups (broad SMARTS) is 1. The van der Waals surface area contributed by atoms with Crippen molar-refractivity contribution < 1.29 is 20.5 Å². The fourth-order valence-electron chi connectivity index (χ4n) is 6.98. The van der Waals surface area contributed by atoms with E-state index in [-0.39, 0.29) is 34.6 Å². The van der Waals surface area contributed by atoms with E-state index >= 15 is 0 Å². The smallest absolute Gasteiger partial charge is 0.358 e. The van der Waals surface area contributed by atoms with Crippen LogP contribution in [-0.2, 0) is 19.6 Å². The quantitative estimate of drug-likeness (QED) is 0.107. The van der Waals surface area contributed by atoms with Gasteiger partial charge in [0.05, 0.1) is 53.7 Å². The Morgan fingerprint density at radius 3 is 1.79 bits per heavy atom. The number of fused-ring (bicyclic) bond motifs is 4. The lowest BCUT2D eigenvalue weighted by molar-refractivity contribution is 0.0691. The SMILES string of the molecule is Cc1cc(N)nc(C)c1CNC(=O)c1nn(Cc2ccc3ncc(Cl)cc3c2)c2ccc(=O)[nH]c12.O=C(O)c1nn(Cc2ccc3ncc(Cl)cc3c2)c2ccc(=O)[nH]c12.[2H]CF. The first-order valence-electron chi connectivity index (χ1n) is 19.3. The van der Waals surface area contributed by atoms with Crippen molar-refractivity contribution in [3.8, 4) is 0 Å². The molecule has 0 aliphatic carbocycles. The fourth-order valence-corrected chi connectivity index (χ4v) is 7.31. The van der Waals surface area contributed by atoms with Crippen molar-refractivity contribution in [1.82, 2.24) is 49.8 Å². The van der Waals surface area contributed by atoms with E-state index < -0.39 is 19.0 Å². The average molecular weight is 878 g/mol. The van der Waals surface area contributed by atoms with Gasteiger partial charge in [-0.2, -0.15) is 10.2 Å². The van der Waals surface area contributed by atoms with Gasteiger partial charge in [0.15, 0.2) is 11.4 Å². The van der Waals surface area contributed by atoms with Crippen molar-refractivity contribution in [1.29, 1.82) is 0 Å². The molecule has 0 unspecified atom stereocenters. The molecule has 9 aromatic rings. The number of carbonyl (C=O) groups excluding carboxylic acids is 1. The number of alkyl halides is 1. The van der Waals surface area contributed by atoms with Gasteiger partial charge < -0.3 is 26.1 Å². The molecule has 2 aromatic carbocycles. The van der Waals surface area contributed by atoms with Crippen molar-refractivity contribution in [2.75, 3.05) is 12.9 Å². The highest BCUT2D eigenvalue weighted by Crippen LogP contribution is 2.23.